The number of para-hydroxylation sites is 1. The molecule has 0 aliphatic heterocycles. The van der Waals surface area contributed by atoms with Crippen LogP contribution >= 0.6 is 11.6 Å². The number of fused-ring (bicyclic) bond motifs is 1. The average molecular weight is 349 g/mol. The van der Waals surface area contributed by atoms with E-state index in [0.717, 1.165) is 0 Å². The van der Waals surface area contributed by atoms with Crippen LogP contribution in [0, 0.1) is 12.7 Å². The van der Waals surface area contributed by atoms with Gasteiger partial charge >= 0.3 is 5.97 Å². The SMILES string of the molecule is CCOC(=O)c1cc2nc(Cl)cc(Nc3c(C)cccc3F)n2n1. The number of anilines is 2. The molecule has 0 fully saturated rings. The molecule has 0 aliphatic carbocycles. The summed E-state index contributed by atoms with van der Waals surface area (Å²) in [6.45, 7) is 3.72. The van der Waals surface area contributed by atoms with Gasteiger partial charge in [-0.15, -0.1) is 0 Å². The van der Waals surface area contributed by atoms with Gasteiger partial charge in [-0.2, -0.15) is 9.61 Å². The fourth-order valence-electron chi connectivity index (χ4n) is 2.26. The predicted octanol–water partition coefficient (Wildman–Crippen LogP) is 3.75. The summed E-state index contributed by atoms with van der Waals surface area (Å²) >= 11 is 6.02. The second kappa shape index (κ2) is 6.45. The Balaban J connectivity index is 2.08. The summed E-state index contributed by atoms with van der Waals surface area (Å²) in [7, 11) is 0. The van der Waals surface area contributed by atoms with Gasteiger partial charge in [0.1, 0.15) is 16.8 Å². The maximum atomic E-state index is 14.1. The Kier molecular flexibility index (Phi) is 4.35. The van der Waals surface area contributed by atoms with Crippen LogP contribution in [0.25, 0.3) is 5.65 Å². The number of nitrogens with one attached hydrogen (secondary N) is 1. The van der Waals surface area contributed by atoms with Crippen LogP contribution in [0.5, 0.6) is 0 Å². The molecular formula is C16H14ClFN4O2. The van der Waals surface area contributed by atoms with E-state index in [9.17, 15) is 9.18 Å². The smallest absolute Gasteiger partial charge is 0.358 e. The van der Waals surface area contributed by atoms with E-state index in [0.29, 0.717) is 22.7 Å². The zero-order valence-corrected chi connectivity index (χ0v) is 13.8. The Morgan fingerprint density at radius 1 is 1.42 bits per heavy atom. The van der Waals surface area contributed by atoms with Crippen LogP contribution in [-0.2, 0) is 4.74 Å². The highest BCUT2D eigenvalue weighted by Crippen LogP contribution is 2.25. The van der Waals surface area contributed by atoms with E-state index in [1.54, 1.807) is 26.0 Å². The normalized spacial score (nSPS) is 10.8. The van der Waals surface area contributed by atoms with Crippen molar-refractivity contribution in [2.24, 2.45) is 0 Å². The molecular weight excluding hydrogens is 335 g/mol. The number of nitrogens with zero attached hydrogens (tertiary/aromatic N) is 3. The number of carbonyl (C=O) groups excluding carboxylic acids is 1. The number of rotatable bonds is 4. The lowest BCUT2D eigenvalue weighted by atomic mass is 10.2. The largest absolute Gasteiger partial charge is 0.461 e. The second-order valence-electron chi connectivity index (χ2n) is 5.04. The zero-order valence-electron chi connectivity index (χ0n) is 13.0. The molecule has 24 heavy (non-hydrogen) atoms. The van der Waals surface area contributed by atoms with Gasteiger partial charge in [-0.3, -0.25) is 0 Å². The number of aromatic nitrogens is 3. The molecule has 0 saturated carbocycles. The molecule has 2 aromatic heterocycles. The van der Waals surface area contributed by atoms with Gasteiger partial charge in [0.05, 0.1) is 12.3 Å². The van der Waals surface area contributed by atoms with E-state index in [1.165, 1.54) is 22.7 Å². The lowest BCUT2D eigenvalue weighted by Gasteiger charge is -2.12. The van der Waals surface area contributed by atoms with E-state index in [-0.39, 0.29) is 17.5 Å². The van der Waals surface area contributed by atoms with Gasteiger partial charge in [0, 0.05) is 12.1 Å². The van der Waals surface area contributed by atoms with E-state index in [2.05, 4.69) is 15.4 Å². The van der Waals surface area contributed by atoms with Crippen molar-refractivity contribution in [3.8, 4) is 0 Å². The van der Waals surface area contributed by atoms with Crippen molar-refractivity contribution in [3.63, 3.8) is 0 Å². The van der Waals surface area contributed by atoms with Crippen LogP contribution in [0.3, 0.4) is 0 Å². The fraction of sp³-hybridized carbons (Fsp3) is 0.188. The third-order valence-electron chi connectivity index (χ3n) is 3.36. The van der Waals surface area contributed by atoms with Gasteiger partial charge < -0.3 is 10.1 Å². The van der Waals surface area contributed by atoms with E-state index >= 15 is 0 Å². The molecule has 1 aromatic carbocycles. The molecule has 6 nitrogen and oxygen atoms in total. The molecule has 0 unspecified atom stereocenters. The van der Waals surface area contributed by atoms with Gasteiger partial charge in [-0.05, 0) is 25.5 Å². The minimum Gasteiger partial charge on any atom is -0.461 e. The number of ether oxygens (including phenoxy) is 1. The third kappa shape index (κ3) is 3.03. The number of hydrogen-bond donors (Lipinski definition) is 1. The summed E-state index contributed by atoms with van der Waals surface area (Å²) in [6, 6.07) is 7.71. The molecule has 0 spiro atoms. The standard InChI is InChI=1S/C16H14ClFN4O2/c1-3-24-16(23)11-7-13-19-12(17)8-14(22(13)21-11)20-15-9(2)5-4-6-10(15)18/h4-8,20H,3H2,1-2H3. The van der Waals surface area contributed by atoms with Crippen LogP contribution in [0.1, 0.15) is 23.0 Å². The number of carbonyl (C=O) groups is 1. The summed E-state index contributed by atoms with van der Waals surface area (Å²) in [5.74, 6) is -0.588. The van der Waals surface area contributed by atoms with Gasteiger partial charge in [0.15, 0.2) is 11.3 Å². The number of esters is 1. The first-order valence-electron chi connectivity index (χ1n) is 7.25. The number of halogens is 2. The molecule has 0 saturated heterocycles. The van der Waals surface area contributed by atoms with Crippen molar-refractivity contribution in [1.29, 1.82) is 0 Å². The number of aryl methyl sites for hydroxylation is 1. The van der Waals surface area contributed by atoms with Crippen molar-refractivity contribution in [1.82, 2.24) is 14.6 Å². The number of hydrogen-bond acceptors (Lipinski definition) is 5. The highest BCUT2D eigenvalue weighted by molar-refractivity contribution is 6.29. The highest BCUT2D eigenvalue weighted by Gasteiger charge is 2.16. The van der Waals surface area contributed by atoms with Gasteiger partial charge in [0.25, 0.3) is 0 Å². The number of benzene rings is 1. The van der Waals surface area contributed by atoms with Gasteiger partial charge in [-0.1, -0.05) is 23.7 Å². The molecule has 3 aromatic rings. The van der Waals surface area contributed by atoms with Crippen LogP contribution in [0.4, 0.5) is 15.9 Å². The summed E-state index contributed by atoms with van der Waals surface area (Å²) in [5, 5.41) is 7.31. The van der Waals surface area contributed by atoms with Crippen molar-refractivity contribution in [2.45, 2.75) is 13.8 Å². The molecule has 2 heterocycles. The maximum absolute atomic E-state index is 14.1. The monoisotopic (exact) mass is 348 g/mol. The summed E-state index contributed by atoms with van der Waals surface area (Å²) in [5.41, 5.74) is 1.46. The van der Waals surface area contributed by atoms with Crippen LogP contribution in [0.2, 0.25) is 5.15 Å². The minimum atomic E-state index is -0.563. The van der Waals surface area contributed by atoms with E-state index < -0.39 is 11.8 Å². The first-order chi connectivity index (χ1) is 11.5. The van der Waals surface area contributed by atoms with E-state index in [1.807, 2.05) is 0 Å². The summed E-state index contributed by atoms with van der Waals surface area (Å²) < 4.78 is 20.4. The minimum absolute atomic E-state index is 0.0972. The average Bonchev–Trinajstić information content (AvgIpc) is 2.95. The van der Waals surface area contributed by atoms with Crippen molar-refractivity contribution >= 4 is 34.7 Å². The summed E-state index contributed by atoms with van der Waals surface area (Å²) in [4.78, 5) is 15.9. The molecule has 0 aliphatic rings. The second-order valence-corrected chi connectivity index (χ2v) is 5.43. The van der Waals surface area contributed by atoms with Gasteiger partial charge in [0.2, 0.25) is 0 Å². The van der Waals surface area contributed by atoms with Gasteiger partial charge in [-0.25, -0.2) is 14.2 Å². The van der Waals surface area contributed by atoms with Crippen LogP contribution in [0.15, 0.2) is 30.3 Å². The molecule has 0 radical (unpaired) electrons. The predicted molar refractivity (Wildman–Crippen MR) is 88.4 cm³/mol. The Labute approximate surface area is 142 Å². The van der Waals surface area contributed by atoms with Crippen molar-refractivity contribution < 1.29 is 13.9 Å². The Morgan fingerprint density at radius 2 is 2.21 bits per heavy atom. The Hall–Kier alpha value is -2.67. The lowest BCUT2D eigenvalue weighted by Crippen LogP contribution is -2.07. The maximum Gasteiger partial charge on any atom is 0.358 e. The van der Waals surface area contributed by atoms with Crippen molar-refractivity contribution in [3.05, 3.63) is 52.6 Å². The quantitative estimate of drug-likeness (QED) is 0.574. The summed E-state index contributed by atoms with van der Waals surface area (Å²) in [6.07, 6.45) is 0. The fourth-order valence-corrected chi connectivity index (χ4v) is 2.45. The topological polar surface area (TPSA) is 68.5 Å². The van der Waals surface area contributed by atoms with Crippen molar-refractivity contribution in [2.75, 3.05) is 11.9 Å². The third-order valence-corrected chi connectivity index (χ3v) is 3.55. The van der Waals surface area contributed by atoms with Crippen LogP contribution in [-0.4, -0.2) is 27.2 Å². The Morgan fingerprint density at radius 3 is 2.92 bits per heavy atom. The zero-order chi connectivity index (χ0) is 17.3. The highest BCUT2D eigenvalue weighted by atomic mass is 35.5. The molecule has 3 rings (SSSR count). The van der Waals surface area contributed by atoms with E-state index in [4.69, 9.17) is 16.3 Å². The molecule has 0 atom stereocenters. The molecule has 0 bridgehead atoms. The molecule has 1 N–H and O–H groups in total. The first-order valence-corrected chi connectivity index (χ1v) is 7.63. The van der Waals surface area contributed by atoms with Crippen LogP contribution < -0.4 is 5.32 Å². The lowest BCUT2D eigenvalue weighted by molar-refractivity contribution is 0.0519. The Bertz CT molecular complexity index is 906. The first kappa shape index (κ1) is 16.2. The molecule has 8 heteroatoms. The molecule has 124 valence electrons. The molecule has 0 amide bonds.